The minimum Gasteiger partial charge on any atom is -0.391 e. The second-order valence-electron chi connectivity index (χ2n) is 8.69. The predicted octanol–water partition coefficient (Wildman–Crippen LogP) is 3.68. The van der Waals surface area contributed by atoms with Crippen molar-refractivity contribution >= 4 is 27.5 Å². The number of carbonyl (C=O) groups is 1. The van der Waals surface area contributed by atoms with Crippen molar-refractivity contribution < 1.29 is 9.90 Å². The zero-order valence-electron chi connectivity index (χ0n) is 17.1. The van der Waals surface area contributed by atoms with Crippen molar-refractivity contribution in [2.75, 3.05) is 13.1 Å². The van der Waals surface area contributed by atoms with Gasteiger partial charge in [0.05, 0.1) is 27.4 Å². The summed E-state index contributed by atoms with van der Waals surface area (Å²) in [5.74, 6) is 1.15. The molecule has 0 unspecified atom stereocenters. The van der Waals surface area contributed by atoms with Gasteiger partial charge in [0.1, 0.15) is 0 Å². The van der Waals surface area contributed by atoms with Gasteiger partial charge in [0, 0.05) is 31.9 Å². The maximum Gasteiger partial charge on any atom is 0.222 e. The fraction of sp³-hybridized carbons (Fsp3) is 0.522. The summed E-state index contributed by atoms with van der Waals surface area (Å²) >= 11 is 1.76. The van der Waals surface area contributed by atoms with Crippen LogP contribution in [-0.4, -0.2) is 49.9 Å². The van der Waals surface area contributed by atoms with E-state index in [0.29, 0.717) is 18.3 Å². The van der Waals surface area contributed by atoms with Gasteiger partial charge in [0.25, 0.3) is 0 Å². The molecule has 158 valence electrons. The number of nitrogens with zero attached hydrogens (tertiary/aromatic N) is 4. The van der Waals surface area contributed by atoms with Crippen LogP contribution in [0, 0.1) is 11.8 Å². The molecule has 5 rings (SSSR count). The lowest BCUT2D eigenvalue weighted by molar-refractivity contribution is -0.130. The number of aromatic nitrogens is 3. The number of aliphatic hydroxyl groups excluding tert-OH is 1. The van der Waals surface area contributed by atoms with Crippen molar-refractivity contribution in [2.24, 2.45) is 11.8 Å². The molecule has 1 saturated heterocycles. The number of benzene rings is 1. The van der Waals surface area contributed by atoms with Gasteiger partial charge in [-0.3, -0.25) is 9.48 Å². The van der Waals surface area contributed by atoms with Gasteiger partial charge in [0.2, 0.25) is 5.91 Å². The van der Waals surface area contributed by atoms with Gasteiger partial charge >= 0.3 is 0 Å². The number of hydrogen-bond acceptors (Lipinski definition) is 5. The van der Waals surface area contributed by atoms with Crippen molar-refractivity contribution in [2.45, 2.75) is 50.7 Å². The molecule has 1 saturated carbocycles. The third-order valence-electron chi connectivity index (χ3n) is 6.70. The molecule has 7 heteroatoms. The van der Waals surface area contributed by atoms with Gasteiger partial charge in [-0.05, 0) is 62.1 Å². The van der Waals surface area contributed by atoms with Crippen LogP contribution >= 0.6 is 11.3 Å². The highest BCUT2D eigenvalue weighted by atomic mass is 32.1. The van der Waals surface area contributed by atoms with Gasteiger partial charge in [-0.2, -0.15) is 5.10 Å². The molecule has 0 spiro atoms. The second kappa shape index (κ2) is 8.47. The minimum absolute atomic E-state index is 0.0325. The molecule has 0 bridgehead atoms. The first-order valence-corrected chi connectivity index (χ1v) is 11.8. The molecule has 2 aliphatic rings. The van der Waals surface area contributed by atoms with Gasteiger partial charge < -0.3 is 10.0 Å². The number of aryl methyl sites for hydroxylation is 1. The standard InChI is InChI=1S/C23H28N4O2S/c28-20-13-17-15-26(14-16(17)12-19(20)27-11-5-10-24-27)23(29)9-4-3-8-22-25-18-6-1-2-7-21(18)30-22/h1-2,5-7,10-11,16-17,19-20,28H,3-4,8-9,12-15H2/t16-,17+,19-,20-/m1/s1. The zero-order valence-corrected chi connectivity index (χ0v) is 17.9. The fourth-order valence-electron chi connectivity index (χ4n) is 5.11. The molecule has 1 aromatic carbocycles. The van der Waals surface area contributed by atoms with E-state index in [-0.39, 0.29) is 18.1 Å². The van der Waals surface area contributed by atoms with E-state index >= 15 is 0 Å². The summed E-state index contributed by atoms with van der Waals surface area (Å²) in [7, 11) is 0. The van der Waals surface area contributed by atoms with Crippen molar-refractivity contribution in [3.63, 3.8) is 0 Å². The Bertz CT molecular complexity index is 969. The van der Waals surface area contributed by atoms with Crippen LogP contribution in [0.1, 0.15) is 43.2 Å². The summed E-state index contributed by atoms with van der Waals surface area (Å²) in [6.07, 6.45) is 8.41. The number of unbranched alkanes of at least 4 members (excludes halogenated alkanes) is 1. The molecule has 4 atom stereocenters. The Labute approximate surface area is 180 Å². The molecule has 1 amide bonds. The van der Waals surface area contributed by atoms with Crippen LogP contribution in [0.5, 0.6) is 0 Å². The van der Waals surface area contributed by atoms with Crippen LogP contribution in [0.4, 0.5) is 0 Å². The molecule has 2 aromatic heterocycles. The number of hydrogen-bond donors (Lipinski definition) is 1. The fourth-order valence-corrected chi connectivity index (χ4v) is 6.12. The average Bonchev–Trinajstić information content (AvgIpc) is 3.48. The van der Waals surface area contributed by atoms with Crippen molar-refractivity contribution in [3.8, 4) is 0 Å². The zero-order chi connectivity index (χ0) is 20.5. The summed E-state index contributed by atoms with van der Waals surface area (Å²) in [6.45, 7) is 1.62. The molecular formula is C23H28N4O2S. The summed E-state index contributed by atoms with van der Waals surface area (Å²) in [5.41, 5.74) is 1.07. The number of amides is 1. The third-order valence-corrected chi connectivity index (χ3v) is 7.79. The first-order chi connectivity index (χ1) is 14.7. The Hall–Kier alpha value is -2.25. The van der Waals surface area contributed by atoms with Gasteiger partial charge in [-0.25, -0.2) is 4.98 Å². The van der Waals surface area contributed by atoms with E-state index in [1.54, 1.807) is 17.5 Å². The van der Waals surface area contributed by atoms with E-state index in [1.807, 2.05) is 34.0 Å². The number of fused-ring (bicyclic) bond motifs is 2. The topological polar surface area (TPSA) is 71.2 Å². The molecule has 1 aliphatic carbocycles. The summed E-state index contributed by atoms with van der Waals surface area (Å²) < 4.78 is 3.12. The van der Waals surface area contributed by atoms with E-state index in [1.165, 1.54) is 4.70 Å². The Morgan fingerprint density at radius 2 is 1.97 bits per heavy atom. The van der Waals surface area contributed by atoms with Crippen molar-refractivity contribution in [1.29, 1.82) is 0 Å². The molecule has 3 aromatic rings. The summed E-state index contributed by atoms with van der Waals surface area (Å²) in [5, 5.41) is 16.1. The van der Waals surface area contributed by atoms with Gasteiger partial charge in [-0.15, -0.1) is 11.3 Å². The molecule has 30 heavy (non-hydrogen) atoms. The van der Waals surface area contributed by atoms with E-state index in [2.05, 4.69) is 22.2 Å². The number of rotatable bonds is 6. The highest BCUT2D eigenvalue weighted by Gasteiger charge is 2.43. The quantitative estimate of drug-likeness (QED) is 0.613. The lowest BCUT2D eigenvalue weighted by atomic mass is 9.77. The van der Waals surface area contributed by atoms with Gasteiger partial charge in [-0.1, -0.05) is 12.1 Å². The number of aliphatic hydroxyl groups is 1. The summed E-state index contributed by atoms with van der Waals surface area (Å²) in [4.78, 5) is 19.5. The van der Waals surface area contributed by atoms with Crippen molar-refractivity contribution in [1.82, 2.24) is 19.7 Å². The number of thiazole rings is 1. The number of para-hydroxylation sites is 1. The Morgan fingerprint density at radius 3 is 2.77 bits per heavy atom. The third kappa shape index (κ3) is 4.01. The Morgan fingerprint density at radius 1 is 1.13 bits per heavy atom. The molecule has 1 N–H and O–H groups in total. The largest absolute Gasteiger partial charge is 0.391 e. The van der Waals surface area contributed by atoms with Crippen LogP contribution in [0.25, 0.3) is 10.2 Å². The highest BCUT2D eigenvalue weighted by Crippen LogP contribution is 2.41. The van der Waals surface area contributed by atoms with E-state index in [4.69, 9.17) is 0 Å². The van der Waals surface area contributed by atoms with Crippen LogP contribution in [-0.2, 0) is 11.2 Å². The van der Waals surface area contributed by atoms with Crippen LogP contribution < -0.4 is 0 Å². The van der Waals surface area contributed by atoms with Crippen molar-refractivity contribution in [3.05, 3.63) is 47.7 Å². The minimum atomic E-state index is -0.380. The highest BCUT2D eigenvalue weighted by molar-refractivity contribution is 7.18. The maximum atomic E-state index is 12.8. The molecule has 1 aliphatic heterocycles. The lowest BCUT2D eigenvalue weighted by Crippen LogP contribution is -2.36. The Balaban J connectivity index is 1.10. The van der Waals surface area contributed by atoms with Crippen LogP contribution in [0.15, 0.2) is 42.7 Å². The maximum absolute atomic E-state index is 12.8. The monoisotopic (exact) mass is 424 g/mol. The lowest BCUT2D eigenvalue weighted by Gasteiger charge is -2.35. The second-order valence-corrected chi connectivity index (χ2v) is 9.81. The molecule has 0 radical (unpaired) electrons. The Kier molecular flexibility index (Phi) is 5.56. The van der Waals surface area contributed by atoms with E-state index in [9.17, 15) is 9.90 Å². The predicted molar refractivity (Wildman–Crippen MR) is 117 cm³/mol. The molecule has 3 heterocycles. The first-order valence-electron chi connectivity index (χ1n) is 11.0. The van der Waals surface area contributed by atoms with Gasteiger partial charge in [0.15, 0.2) is 0 Å². The molecular weight excluding hydrogens is 396 g/mol. The van der Waals surface area contributed by atoms with E-state index in [0.717, 1.165) is 55.7 Å². The molecule has 2 fully saturated rings. The molecule has 6 nitrogen and oxygen atoms in total. The number of likely N-dealkylation sites (tertiary alicyclic amines) is 1. The normalized spacial score (nSPS) is 26.2. The SMILES string of the molecule is O=C(CCCCc1nc2ccccc2s1)N1C[C@H]2C[C@@H](n3cccn3)[C@H](O)C[C@H]2C1. The summed E-state index contributed by atoms with van der Waals surface area (Å²) in [6, 6.07) is 10.2. The van der Waals surface area contributed by atoms with E-state index < -0.39 is 0 Å². The van der Waals surface area contributed by atoms with Crippen LogP contribution in [0.3, 0.4) is 0 Å². The average molecular weight is 425 g/mol. The first kappa shape index (κ1) is 19.7. The smallest absolute Gasteiger partial charge is 0.222 e. The number of carbonyl (C=O) groups excluding carboxylic acids is 1. The van der Waals surface area contributed by atoms with Crippen LogP contribution in [0.2, 0.25) is 0 Å².